The van der Waals surface area contributed by atoms with Crippen molar-refractivity contribution in [3.8, 4) is 0 Å². The lowest BCUT2D eigenvalue weighted by Crippen LogP contribution is -2.64. The third-order valence-corrected chi connectivity index (χ3v) is 12.9. The summed E-state index contributed by atoms with van der Waals surface area (Å²) in [6, 6.07) is 0. The highest BCUT2D eigenvalue weighted by Crippen LogP contribution is 2.72. The minimum Gasteiger partial charge on any atom is -0.396 e. The molecule has 0 amide bonds. The van der Waals surface area contributed by atoms with Gasteiger partial charge in [-0.3, -0.25) is 0 Å². The van der Waals surface area contributed by atoms with Gasteiger partial charge in [-0.15, -0.1) is 0 Å². The van der Waals surface area contributed by atoms with E-state index >= 15 is 0 Å². The lowest BCUT2D eigenvalue weighted by atomic mass is 9.43. The van der Waals surface area contributed by atoms with E-state index in [1.165, 1.54) is 25.7 Å². The molecule has 1 heterocycles. The zero-order valence-corrected chi connectivity index (χ0v) is 25.1. The molecular formula is C32H52O10. The first-order valence-corrected chi connectivity index (χ1v) is 16.2. The summed E-state index contributed by atoms with van der Waals surface area (Å²) < 4.78 is 18.6. The van der Waals surface area contributed by atoms with E-state index in [1.54, 1.807) is 0 Å². The summed E-state index contributed by atoms with van der Waals surface area (Å²) >= 11 is 0. The first-order valence-electron chi connectivity index (χ1n) is 16.2. The second-order valence-electron chi connectivity index (χ2n) is 15.0. The molecule has 1 unspecified atom stereocenters. The van der Waals surface area contributed by atoms with E-state index in [2.05, 4.69) is 20.4 Å². The standard InChI is InChI=1S/C32H52O10/c1-16-5-4-8-30(3)19(16)6-9-31-12-17(2)32(15-31,10-7-22(30)31)42-20-11-18(13-33)23(35)26(38)28(20)41-29-27(39)25(37)24(36)21(14-34)40-29/h16,18-29,33-39H,2,4-15H2,1,3H3/t16-,18+,19+,20+,21?,22-,23+,24+,25-,26-,27+,28-,29-,30+,31+,32-/m0/s1. The predicted octanol–water partition coefficient (Wildman–Crippen LogP) is 1.01. The quantitative estimate of drug-likeness (QED) is 0.220. The van der Waals surface area contributed by atoms with Crippen molar-refractivity contribution in [3.63, 3.8) is 0 Å². The van der Waals surface area contributed by atoms with Crippen LogP contribution >= 0.6 is 0 Å². The fraction of sp³-hybridized carbons (Fsp3) is 0.938. The molecule has 6 aliphatic rings. The molecular weight excluding hydrogens is 544 g/mol. The molecule has 6 fully saturated rings. The van der Waals surface area contributed by atoms with E-state index in [0.29, 0.717) is 11.3 Å². The summed E-state index contributed by atoms with van der Waals surface area (Å²) in [6.45, 7) is 8.55. The molecule has 0 aromatic rings. The number of hydrogen-bond acceptors (Lipinski definition) is 10. The van der Waals surface area contributed by atoms with Crippen molar-refractivity contribution in [2.75, 3.05) is 13.2 Å². The Morgan fingerprint density at radius 2 is 1.67 bits per heavy atom. The molecule has 240 valence electrons. The second kappa shape index (κ2) is 11.3. The molecule has 1 spiro atoms. The fourth-order valence-corrected chi connectivity index (χ4v) is 10.8. The minimum atomic E-state index is -1.66. The average molecular weight is 597 g/mol. The molecule has 0 radical (unpaired) electrons. The van der Waals surface area contributed by atoms with E-state index in [4.69, 9.17) is 14.2 Å². The van der Waals surface area contributed by atoms with E-state index in [-0.39, 0.29) is 18.4 Å². The summed E-state index contributed by atoms with van der Waals surface area (Å²) in [6.07, 6.45) is -2.14. The van der Waals surface area contributed by atoms with Crippen LogP contribution < -0.4 is 0 Å². The van der Waals surface area contributed by atoms with Crippen LogP contribution in [0.4, 0.5) is 0 Å². The monoisotopic (exact) mass is 596 g/mol. The highest BCUT2D eigenvalue weighted by Gasteiger charge is 2.66. The van der Waals surface area contributed by atoms with Crippen molar-refractivity contribution in [2.45, 2.75) is 139 Å². The van der Waals surface area contributed by atoms with Crippen LogP contribution in [0.15, 0.2) is 12.2 Å². The number of rotatable bonds is 6. The van der Waals surface area contributed by atoms with Crippen LogP contribution in [0.3, 0.4) is 0 Å². The van der Waals surface area contributed by atoms with Gasteiger partial charge in [0.05, 0.1) is 24.4 Å². The number of ether oxygens (including phenoxy) is 3. The Bertz CT molecular complexity index is 1010. The normalized spacial score (nSPS) is 56.1. The Hall–Kier alpha value is -0.660. The molecule has 16 atom stereocenters. The number of aliphatic hydroxyl groups excluding tert-OH is 7. The SMILES string of the molecule is C=C1C[C@@]23CC[C@@H]4[C@@H](C)CCC[C@@]4(C)[C@@H]2CC[C@]1(O[C@@H]1C[C@H](CO)[C@@H](O)[C@H](O)[C@H]1O[C@@H]1OC(CO)[C@@H](O)[C@H](O)[C@H]1O)C3. The lowest BCUT2D eigenvalue weighted by molar-refractivity contribution is -0.338. The fourth-order valence-electron chi connectivity index (χ4n) is 10.8. The van der Waals surface area contributed by atoms with Crippen molar-refractivity contribution in [1.82, 2.24) is 0 Å². The van der Waals surface area contributed by atoms with E-state index in [9.17, 15) is 35.7 Å². The number of fused-ring (bicyclic) bond motifs is 3. The maximum Gasteiger partial charge on any atom is 0.187 e. The van der Waals surface area contributed by atoms with Crippen LogP contribution in [-0.4, -0.2) is 110 Å². The van der Waals surface area contributed by atoms with E-state index in [0.717, 1.165) is 49.5 Å². The predicted molar refractivity (Wildman–Crippen MR) is 151 cm³/mol. The maximum absolute atomic E-state index is 11.2. The van der Waals surface area contributed by atoms with Gasteiger partial charge < -0.3 is 50.0 Å². The third kappa shape index (κ3) is 4.75. The summed E-state index contributed by atoms with van der Waals surface area (Å²) in [7, 11) is 0. The zero-order valence-electron chi connectivity index (χ0n) is 25.1. The molecule has 5 saturated carbocycles. The van der Waals surface area contributed by atoms with E-state index in [1.807, 2.05) is 0 Å². The Kier molecular flexibility index (Phi) is 8.43. The van der Waals surface area contributed by atoms with Gasteiger partial charge in [-0.05, 0) is 85.5 Å². The molecule has 0 aromatic heterocycles. The van der Waals surface area contributed by atoms with Crippen LogP contribution in [0, 0.1) is 34.5 Å². The van der Waals surface area contributed by atoms with Crippen LogP contribution in [0.25, 0.3) is 0 Å². The van der Waals surface area contributed by atoms with Crippen LogP contribution in [0.5, 0.6) is 0 Å². The molecule has 0 aromatic carbocycles. The molecule has 1 aliphatic heterocycles. The van der Waals surface area contributed by atoms with Crippen molar-refractivity contribution in [3.05, 3.63) is 12.2 Å². The van der Waals surface area contributed by atoms with Crippen molar-refractivity contribution in [2.24, 2.45) is 34.5 Å². The van der Waals surface area contributed by atoms with Gasteiger partial charge >= 0.3 is 0 Å². The second-order valence-corrected chi connectivity index (χ2v) is 15.0. The Balaban J connectivity index is 1.26. The average Bonchev–Trinajstić information content (AvgIpc) is 3.16. The Morgan fingerprint density at radius 1 is 0.905 bits per heavy atom. The molecule has 2 bridgehead atoms. The van der Waals surface area contributed by atoms with Crippen LogP contribution in [0.1, 0.15) is 78.1 Å². The van der Waals surface area contributed by atoms with Crippen molar-refractivity contribution in [1.29, 1.82) is 0 Å². The van der Waals surface area contributed by atoms with Crippen LogP contribution in [0.2, 0.25) is 0 Å². The molecule has 7 N–H and O–H groups in total. The van der Waals surface area contributed by atoms with Gasteiger partial charge in [0.1, 0.15) is 36.6 Å². The topological polar surface area (TPSA) is 169 Å². The highest BCUT2D eigenvalue weighted by molar-refractivity contribution is 5.30. The molecule has 10 nitrogen and oxygen atoms in total. The summed E-state index contributed by atoms with van der Waals surface area (Å²) in [5, 5.41) is 72.9. The first-order chi connectivity index (χ1) is 19.9. The van der Waals surface area contributed by atoms with Gasteiger partial charge in [-0.2, -0.15) is 0 Å². The van der Waals surface area contributed by atoms with Crippen molar-refractivity contribution < 1.29 is 50.0 Å². The molecule has 5 aliphatic carbocycles. The minimum absolute atomic E-state index is 0.119. The van der Waals surface area contributed by atoms with Crippen LogP contribution in [-0.2, 0) is 14.2 Å². The van der Waals surface area contributed by atoms with Gasteiger partial charge in [-0.25, -0.2) is 0 Å². The Morgan fingerprint density at radius 3 is 2.38 bits per heavy atom. The highest BCUT2D eigenvalue weighted by atomic mass is 16.7. The lowest BCUT2D eigenvalue weighted by Gasteiger charge is -2.62. The summed E-state index contributed by atoms with van der Waals surface area (Å²) in [5.74, 6) is 1.46. The van der Waals surface area contributed by atoms with Gasteiger partial charge in [0.2, 0.25) is 0 Å². The molecule has 10 heteroatoms. The van der Waals surface area contributed by atoms with Gasteiger partial charge in [-0.1, -0.05) is 33.3 Å². The third-order valence-electron chi connectivity index (χ3n) is 12.9. The number of aliphatic hydroxyl groups is 7. The van der Waals surface area contributed by atoms with Gasteiger partial charge in [0.25, 0.3) is 0 Å². The molecule has 6 rings (SSSR count). The first kappa shape index (κ1) is 31.3. The molecule has 42 heavy (non-hydrogen) atoms. The van der Waals surface area contributed by atoms with Crippen molar-refractivity contribution >= 4 is 0 Å². The molecule has 1 saturated heterocycles. The van der Waals surface area contributed by atoms with Gasteiger partial charge in [0.15, 0.2) is 6.29 Å². The summed E-state index contributed by atoms with van der Waals surface area (Å²) in [5.41, 5.74) is 0.871. The smallest absolute Gasteiger partial charge is 0.187 e. The zero-order chi connectivity index (χ0) is 30.2. The largest absolute Gasteiger partial charge is 0.396 e. The summed E-state index contributed by atoms with van der Waals surface area (Å²) in [4.78, 5) is 0. The van der Waals surface area contributed by atoms with E-state index < -0.39 is 73.2 Å². The Labute approximate surface area is 248 Å². The maximum atomic E-state index is 11.2. The van der Waals surface area contributed by atoms with Gasteiger partial charge in [0, 0.05) is 12.5 Å². The number of hydrogen-bond donors (Lipinski definition) is 7.